The molecular weight excluding hydrogens is 368 g/mol. The number of pyridine rings is 1. The van der Waals surface area contributed by atoms with Crippen LogP contribution >= 0.6 is 11.3 Å². The molecule has 0 radical (unpaired) electrons. The molecule has 1 atom stereocenters. The van der Waals surface area contributed by atoms with Gasteiger partial charge in [-0.25, -0.2) is 13.8 Å². The van der Waals surface area contributed by atoms with Gasteiger partial charge in [-0.15, -0.1) is 11.3 Å². The fraction of sp³-hybridized carbons (Fsp3) is 0.200. The standard InChI is InChI=1S/C20H15F2N3OS/c21-16-5-4-13(10-17(16)22)2-1-3-19(26)15(11-23)20-25-18(12-27-20)14-6-8-24-9-7-14/h4-10,12,15H,1-3H2. The molecule has 0 saturated heterocycles. The Balaban J connectivity index is 1.62. The van der Waals surface area contributed by atoms with Gasteiger partial charge in [0.15, 0.2) is 23.3 Å². The molecule has 0 saturated carbocycles. The molecule has 1 unspecified atom stereocenters. The zero-order valence-corrected chi connectivity index (χ0v) is 15.0. The highest BCUT2D eigenvalue weighted by molar-refractivity contribution is 7.10. The van der Waals surface area contributed by atoms with E-state index >= 15 is 0 Å². The van der Waals surface area contributed by atoms with Gasteiger partial charge >= 0.3 is 0 Å². The number of halogens is 2. The van der Waals surface area contributed by atoms with Crippen LogP contribution in [0.2, 0.25) is 0 Å². The van der Waals surface area contributed by atoms with Crippen LogP contribution < -0.4 is 0 Å². The van der Waals surface area contributed by atoms with E-state index in [9.17, 15) is 18.8 Å². The number of nitriles is 1. The lowest BCUT2D eigenvalue weighted by Crippen LogP contribution is -2.11. The van der Waals surface area contributed by atoms with E-state index in [4.69, 9.17) is 0 Å². The van der Waals surface area contributed by atoms with Crippen LogP contribution in [0.4, 0.5) is 8.78 Å². The van der Waals surface area contributed by atoms with E-state index < -0.39 is 17.6 Å². The second-order valence-corrected chi connectivity index (χ2v) is 6.83. The van der Waals surface area contributed by atoms with Crippen molar-refractivity contribution < 1.29 is 13.6 Å². The number of hydrogen-bond donors (Lipinski definition) is 0. The Morgan fingerprint density at radius 1 is 1.19 bits per heavy atom. The Bertz CT molecular complexity index is 982. The van der Waals surface area contributed by atoms with Crippen LogP contribution in [0.3, 0.4) is 0 Å². The van der Waals surface area contributed by atoms with E-state index in [0.29, 0.717) is 29.1 Å². The highest BCUT2D eigenvalue weighted by atomic mass is 32.1. The molecule has 2 aromatic heterocycles. The SMILES string of the molecule is N#CC(C(=O)CCCc1ccc(F)c(F)c1)c1nc(-c2ccncc2)cs1. The first-order chi connectivity index (χ1) is 13.1. The largest absolute Gasteiger partial charge is 0.298 e. The van der Waals surface area contributed by atoms with E-state index in [1.54, 1.807) is 12.4 Å². The minimum Gasteiger partial charge on any atom is -0.298 e. The number of carbonyl (C=O) groups excluding carboxylic acids is 1. The maximum atomic E-state index is 13.2. The van der Waals surface area contributed by atoms with E-state index in [-0.39, 0.29) is 12.2 Å². The van der Waals surface area contributed by atoms with Gasteiger partial charge in [0, 0.05) is 29.8 Å². The van der Waals surface area contributed by atoms with E-state index in [0.717, 1.165) is 17.7 Å². The quantitative estimate of drug-likeness (QED) is 0.594. The van der Waals surface area contributed by atoms with Gasteiger partial charge in [-0.05, 0) is 42.7 Å². The van der Waals surface area contributed by atoms with Gasteiger partial charge < -0.3 is 0 Å². The first-order valence-corrected chi connectivity index (χ1v) is 9.18. The van der Waals surface area contributed by atoms with Crippen LogP contribution in [0.15, 0.2) is 48.1 Å². The third-order valence-corrected chi connectivity index (χ3v) is 4.98. The number of hydrogen-bond acceptors (Lipinski definition) is 5. The van der Waals surface area contributed by atoms with Gasteiger partial charge in [0.25, 0.3) is 0 Å². The Morgan fingerprint density at radius 2 is 1.96 bits per heavy atom. The Morgan fingerprint density at radius 3 is 2.67 bits per heavy atom. The van der Waals surface area contributed by atoms with Gasteiger partial charge in [0.05, 0.1) is 11.8 Å². The van der Waals surface area contributed by atoms with E-state index in [1.165, 1.54) is 17.4 Å². The van der Waals surface area contributed by atoms with E-state index in [2.05, 4.69) is 9.97 Å². The summed E-state index contributed by atoms with van der Waals surface area (Å²) in [5, 5.41) is 11.7. The Kier molecular flexibility index (Phi) is 5.99. The fourth-order valence-electron chi connectivity index (χ4n) is 2.65. The topological polar surface area (TPSA) is 66.6 Å². The molecular formula is C20H15F2N3OS. The molecule has 0 spiro atoms. The minimum absolute atomic E-state index is 0.168. The van der Waals surface area contributed by atoms with Crippen LogP contribution in [-0.4, -0.2) is 15.8 Å². The predicted molar refractivity (Wildman–Crippen MR) is 98.0 cm³/mol. The molecule has 0 aliphatic heterocycles. The zero-order valence-electron chi connectivity index (χ0n) is 14.2. The molecule has 0 bridgehead atoms. The number of Topliss-reactive ketones (excluding diaryl/α,β-unsaturated/α-hetero) is 1. The fourth-order valence-corrected chi connectivity index (χ4v) is 3.54. The molecule has 7 heteroatoms. The Labute approximate surface area is 159 Å². The number of aryl methyl sites for hydroxylation is 1. The highest BCUT2D eigenvalue weighted by Gasteiger charge is 2.23. The molecule has 0 aliphatic rings. The minimum atomic E-state index is -0.921. The van der Waals surface area contributed by atoms with Gasteiger partial charge in [-0.1, -0.05) is 6.07 Å². The van der Waals surface area contributed by atoms with Crippen molar-refractivity contribution in [1.82, 2.24) is 9.97 Å². The van der Waals surface area contributed by atoms with Crippen molar-refractivity contribution in [2.24, 2.45) is 0 Å². The summed E-state index contributed by atoms with van der Waals surface area (Å²) in [7, 11) is 0. The molecule has 0 N–H and O–H groups in total. The molecule has 0 aliphatic carbocycles. The summed E-state index contributed by atoms with van der Waals surface area (Å²) in [5.74, 6) is -2.94. The molecule has 1 aromatic carbocycles. The van der Waals surface area contributed by atoms with Gasteiger partial charge in [-0.2, -0.15) is 5.26 Å². The summed E-state index contributed by atoms with van der Waals surface area (Å²) in [6, 6.07) is 9.33. The number of benzene rings is 1. The second-order valence-electron chi connectivity index (χ2n) is 5.94. The summed E-state index contributed by atoms with van der Waals surface area (Å²) >= 11 is 1.27. The molecule has 136 valence electrons. The third kappa shape index (κ3) is 4.60. The first kappa shape index (κ1) is 18.8. The number of carbonyl (C=O) groups is 1. The van der Waals surface area contributed by atoms with Crippen LogP contribution in [0.25, 0.3) is 11.3 Å². The van der Waals surface area contributed by atoms with Crippen molar-refractivity contribution in [3.63, 3.8) is 0 Å². The van der Waals surface area contributed by atoms with Crippen LogP contribution in [0, 0.1) is 23.0 Å². The average Bonchev–Trinajstić information content (AvgIpc) is 3.16. The summed E-state index contributed by atoms with van der Waals surface area (Å²) in [5.41, 5.74) is 2.19. The highest BCUT2D eigenvalue weighted by Crippen LogP contribution is 2.27. The number of rotatable bonds is 7. The van der Waals surface area contributed by atoms with Crippen LogP contribution in [-0.2, 0) is 11.2 Å². The summed E-state index contributed by atoms with van der Waals surface area (Å²) < 4.78 is 26.2. The Hall–Kier alpha value is -2.98. The molecule has 2 heterocycles. The number of thiazole rings is 1. The van der Waals surface area contributed by atoms with E-state index in [1.807, 2.05) is 23.6 Å². The predicted octanol–water partition coefficient (Wildman–Crippen LogP) is 4.68. The number of nitrogens with zero attached hydrogens (tertiary/aromatic N) is 3. The smallest absolute Gasteiger partial charge is 0.159 e. The van der Waals surface area contributed by atoms with Crippen molar-refractivity contribution in [2.75, 3.05) is 0 Å². The maximum Gasteiger partial charge on any atom is 0.159 e. The normalized spacial score (nSPS) is 11.7. The first-order valence-electron chi connectivity index (χ1n) is 8.30. The zero-order chi connectivity index (χ0) is 19.2. The van der Waals surface area contributed by atoms with Crippen LogP contribution in [0.1, 0.15) is 29.3 Å². The van der Waals surface area contributed by atoms with Crippen molar-refractivity contribution in [3.05, 3.63) is 70.3 Å². The van der Waals surface area contributed by atoms with Crippen LogP contribution in [0.5, 0.6) is 0 Å². The molecule has 3 aromatic rings. The molecule has 0 fully saturated rings. The second kappa shape index (κ2) is 8.60. The molecule has 0 amide bonds. The molecule has 3 rings (SSSR count). The van der Waals surface area contributed by atoms with Crippen molar-refractivity contribution in [1.29, 1.82) is 5.26 Å². The van der Waals surface area contributed by atoms with Crippen molar-refractivity contribution in [3.8, 4) is 17.3 Å². The lowest BCUT2D eigenvalue weighted by Gasteiger charge is -2.06. The summed E-state index contributed by atoms with van der Waals surface area (Å²) in [6.45, 7) is 0. The van der Waals surface area contributed by atoms with Crippen molar-refractivity contribution >= 4 is 17.1 Å². The maximum absolute atomic E-state index is 13.2. The summed E-state index contributed by atoms with van der Waals surface area (Å²) in [6.07, 6.45) is 4.35. The molecule has 4 nitrogen and oxygen atoms in total. The molecule has 27 heavy (non-hydrogen) atoms. The monoisotopic (exact) mass is 383 g/mol. The van der Waals surface area contributed by atoms with Gasteiger partial charge in [0.1, 0.15) is 5.01 Å². The number of aromatic nitrogens is 2. The lowest BCUT2D eigenvalue weighted by atomic mass is 9.99. The summed E-state index contributed by atoms with van der Waals surface area (Å²) in [4.78, 5) is 20.8. The lowest BCUT2D eigenvalue weighted by molar-refractivity contribution is -0.119. The van der Waals surface area contributed by atoms with Gasteiger partial charge in [-0.3, -0.25) is 9.78 Å². The van der Waals surface area contributed by atoms with Crippen molar-refractivity contribution in [2.45, 2.75) is 25.2 Å². The average molecular weight is 383 g/mol. The number of ketones is 1. The van der Waals surface area contributed by atoms with Gasteiger partial charge in [0.2, 0.25) is 0 Å². The third-order valence-electron chi connectivity index (χ3n) is 4.07.